The van der Waals surface area contributed by atoms with Gasteiger partial charge in [-0.2, -0.15) is 0 Å². The molecule has 0 aliphatic heterocycles. The maximum absolute atomic E-state index is 11.4. The summed E-state index contributed by atoms with van der Waals surface area (Å²) in [4.78, 5) is 33.9. The number of esters is 1. The lowest BCUT2D eigenvalue weighted by molar-refractivity contribution is -0.156. The van der Waals surface area contributed by atoms with Gasteiger partial charge < -0.3 is 9.84 Å². The molecule has 1 fully saturated rings. The maximum atomic E-state index is 11.4. The number of hydrogen-bond acceptors (Lipinski definition) is 5. The standard InChI is InChI=1S/C10H14O5/c1-2-15-10(14)9(13)7-3-6(5-11)4-8(7)12/h6-7,11H,2-5H2,1H3. The summed E-state index contributed by atoms with van der Waals surface area (Å²) < 4.78 is 4.53. The fourth-order valence-corrected chi connectivity index (χ4v) is 1.71. The lowest BCUT2D eigenvalue weighted by Gasteiger charge is -2.06. The van der Waals surface area contributed by atoms with E-state index in [9.17, 15) is 14.4 Å². The Morgan fingerprint density at radius 2 is 2.20 bits per heavy atom. The highest BCUT2D eigenvalue weighted by Crippen LogP contribution is 2.28. The zero-order chi connectivity index (χ0) is 11.4. The molecule has 0 radical (unpaired) electrons. The molecule has 1 aliphatic carbocycles. The summed E-state index contributed by atoms with van der Waals surface area (Å²) in [6.45, 7) is 1.59. The van der Waals surface area contributed by atoms with Crippen molar-refractivity contribution in [2.24, 2.45) is 11.8 Å². The predicted octanol–water partition coefficient (Wildman–Crippen LogP) is -0.294. The van der Waals surface area contributed by atoms with Crippen molar-refractivity contribution < 1.29 is 24.2 Å². The van der Waals surface area contributed by atoms with Crippen LogP contribution in [0.1, 0.15) is 19.8 Å². The van der Waals surface area contributed by atoms with Crippen LogP contribution in [0.15, 0.2) is 0 Å². The second-order valence-electron chi connectivity index (χ2n) is 3.59. The molecule has 5 nitrogen and oxygen atoms in total. The van der Waals surface area contributed by atoms with Crippen LogP contribution in [0, 0.1) is 11.8 Å². The zero-order valence-electron chi connectivity index (χ0n) is 8.56. The first-order valence-corrected chi connectivity index (χ1v) is 4.94. The molecule has 0 amide bonds. The van der Waals surface area contributed by atoms with Crippen LogP contribution >= 0.6 is 0 Å². The quantitative estimate of drug-likeness (QED) is 0.395. The van der Waals surface area contributed by atoms with E-state index >= 15 is 0 Å². The molecule has 0 saturated heterocycles. The van der Waals surface area contributed by atoms with Gasteiger partial charge in [0.2, 0.25) is 5.78 Å². The molecule has 2 unspecified atom stereocenters. The number of ether oxygens (including phenoxy) is 1. The van der Waals surface area contributed by atoms with Gasteiger partial charge >= 0.3 is 5.97 Å². The number of aliphatic hydroxyl groups excluding tert-OH is 1. The number of aliphatic hydroxyl groups is 1. The first kappa shape index (κ1) is 11.8. The minimum absolute atomic E-state index is 0.120. The SMILES string of the molecule is CCOC(=O)C(=O)C1CC(CO)CC1=O. The van der Waals surface area contributed by atoms with E-state index in [1.807, 2.05) is 0 Å². The van der Waals surface area contributed by atoms with Crippen LogP contribution in [0.5, 0.6) is 0 Å². The van der Waals surface area contributed by atoms with Gasteiger partial charge in [-0.3, -0.25) is 9.59 Å². The molecule has 2 atom stereocenters. The average molecular weight is 214 g/mol. The Morgan fingerprint density at radius 3 is 2.67 bits per heavy atom. The fraction of sp³-hybridized carbons (Fsp3) is 0.700. The minimum atomic E-state index is -0.950. The van der Waals surface area contributed by atoms with E-state index in [0.29, 0.717) is 0 Å². The lowest BCUT2D eigenvalue weighted by Crippen LogP contribution is -2.28. The van der Waals surface area contributed by atoms with Gasteiger partial charge in [0.15, 0.2) is 0 Å². The van der Waals surface area contributed by atoms with Crippen LogP contribution in [0.3, 0.4) is 0 Å². The number of carbonyl (C=O) groups is 3. The molecule has 1 aliphatic rings. The van der Waals surface area contributed by atoms with Crippen LogP contribution in [0.2, 0.25) is 0 Å². The fourth-order valence-electron chi connectivity index (χ4n) is 1.71. The van der Waals surface area contributed by atoms with Crippen molar-refractivity contribution in [3.63, 3.8) is 0 Å². The van der Waals surface area contributed by atoms with E-state index in [1.165, 1.54) is 0 Å². The Bertz CT molecular complexity index is 284. The molecule has 0 bridgehead atoms. The van der Waals surface area contributed by atoms with E-state index < -0.39 is 17.7 Å². The van der Waals surface area contributed by atoms with E-state index in [1.54, 1.807) is 6.92 Å². The van der Waals surface area contributed by atoms with Gasteiger partial charge in [-0.15, -0.1) is 0 Å². The number of ketones is 2. The first-order valence-electron chi connectivity index (χ1n) is 4.94. The highest BCUT2D eigenvalue weighted by molar-refractivity contribution is 6.38. The number of Topliss-reactive ketones (excluding diaryl/α,β-unsaturated/α-hetero) is 2. The third-order valence-corrected chi connectivity index (χ3v) is 2.50. The van der Waals surface area contributed by atoms with Crippen LogP contribution in [0.25, 0.3) is 0 Å². The van der Waals surface area contributed by atoms with Gasteiger partial charge in [0.05, 0.1) is 12.5 Å². The molecule has 0 aromatic carbocycles. The number of rotatable bonds is 4. The molecular formula is C10H14O5. The average Bonchev–Trinajstić information content (AvgIpc) is 2.59. The molecule has 84 valence electrons. The van der Waals surface area contributed by atoms with Gasteiger partial charge in [0.1, 0.15) is 5.78 Å². The minimum Gasteiger partial charge on any atom is -0.460 e. The van der Waals surface area contributed by atoms with Gasteiger partial charge in [-0.1, -0.05) is 0 Å². The molecule has 0 aromatic rings. The Morgan fingerprint density at radius 1 is 1.53 bits per heavy atom. The summed E-state index contributed by atoms with van der Waals surface area (Å²) >= 11 is 0. The van der Waals surface area contributed by atoms with E-state index in [-0.39, 0.29) is 37.8 Å². The number of carbonyl (C=O) groups excluding carboxylic acids is 3. The number of hydrogen-bond donors (Lipinski definition) is 1. The predicted molar refractivity (Wildman–Crippen MR) is 49.9 cm³/mol. The van der Waals surface area contributed by atoms with Crippen LogP contribution in [0.4, 0.5) is 0 Å². The highest BCUT2D eigenvalue weighted by atomic mass is 16.5. The topological polar surface area (TPSA) is 80.7 Å². The van der Waals surface area contributed by atoms with Crippen LogP contribution in [-0.4, -0.2) is 35.9 Å². The second kappa shape index (κ2) is 5.02. The van der Waals surface area contributed by atoms with E-state index in [2.05, 4.69) is 4.74 Å². The van der Waals surface area contributed by atoms with Crippen molar-refractivity contribution in [3.8, 4) is 0 Å². The Balaban J connectivity index is 2.61. The molecule has 15 heavy (non-hydrogen) atoms. The maximum Gasteiger partial charge on any atom is 0.375 e. The Hall–Kier alpha value is -1.23. The third kappa shape index (κ3) is 2.62. The smallest absolute Gasteiger partial charge is 0.375 e. The van der Waals surface area contributed by atoms with E-state index in [0.717, 1.165) is 0 Å². The third-order valence-electron chi connectivity index (χ3n) is 2.50. The van der Waals surface area contributed by atoms with Gasteiger partial charge in [-0.25, -0.2) is 4.79 Å². The van der Waals surface area contributed by atoms with E-state index in [4.69, 9.17) is 5.11 Å². The van der Waals surface area contributed by atoms with Gasteiger partial charge in [0.25, 0.3) is 0 Å². The van der Waals surface area contributed by atoms with Gasteiger partial charge in [0, 0.05) is 13.0 Å². The van der Waals surface area contributed by atoms with Gasteiger partial charge in [-0.05, 0) is 19.3 Å². The highest BCUT2D eigenvalue weighted by Gasteiger charge is 2.40. The molecule has 1 saturated carbocycles. The molecular weight excluding hydrogens is 200 g/mol. The first-order chi connectivity index (χ1) is 7.10. The monoisotopic (exact) mass is 214 g/mol. The zero-order valence-corrected chi connectivity index (χ0v) is 8.56. The van der Waals surface area contributed by atoms with Crippen LogP contribution in [-0.2, 0) is 19.1 Å². The lowest BCUT2D eigenvalue weighted by atomic mass is 10.0. The second-order valence-corrected chi connectivity index (χ2v) is 3.59. The van der Waals surface area contributed by atoms with Crippen molar-refractivity contribution >= 4 is 17.5 Å². The summed E-state index contributed by atoms with van der Waals surface area (Å²) in [5.41, 5.74) is 0. The summed E-state index contributed by atoms with van der Waals surface area (Å²) in [6, 6.07) is 0. The molecule has 0 heterocycles. The summed E-state index contributed by atoms with van der Waals surface area (Å²) in [5, 5.41) is 8.85. The van der Waals surface area contributed by atoms with Crippen molar-refractivity contribution in [2.45, 2.75) is 19.8 Å². The molecule has 0 aromatic heterocycles. The molecule has 0 spiro atoms. The van der Waals surface area contributed by atoms with Crippen molar-refractivity contribution in [1.29, 1.82) is 0 Å². The van der Waals surface area contributed by atoms with Crippen molar-refractivity contribution in [2.75, 3.05) is 13.2 Å². The largest absolute Gasteiger partial charge is 0.460 e. The molecule has 1 rings (SSSR count). The van der Waals surface area contributed by atoms with Crippen molar-refractivity contribution in [3.05, 3.63) is 0 Å². The summed E-state index contributed by atoms with van der Waals surface area (Å²) in [7, 11) is 0. The van der Waals surface area contributed by atoms with Crippen LogP contribution < -0.4 is 0 Å². The summed E-state index contributed by atoms with van der Waals surface area (Å²) in [6.07, 6.45) is 0.430. The summed E-state index contributed by atoms with van der Waals surface area (Å²) in [5.74, 6) is -3.10. The normalized spacial score (nSPS) is 25.3. The Kier molecular flexibility index (Phi) is 3.96. The Labute approximate surface area is 87.4 Å². The van der Waals surface area contributed by atoms with Crippen molar-refractivity contribution in [1.82, 2.24) is 0 Å². The molecule has 1 N–H and O–H groups in total. The molecule has 5 heteroatoms.